The van der Waals surface area contributed by atoms with E-state index in [1.807, 2.05) is 61.0 Å². The number of H-pyrrole nitrogens is 1. The molecule has 0 aliphatic carbocycles. The minimum Gasteiger partial charge on any atom is -0.364 e. The van der Waals surface area contributed by atoms with E-state index in [-0.39, 0.29) is 47.3 Å². The highest BCUT2D eigenvalue weighted by molar-refractivity contribution is 6.08. The van der Waals surface area contributed by atoms with Crippen LogP contribution in [0.1, 0.15) is 43.6 Å². The molecule has 0 bridgehead atoms. The summed E-state index contributed by atoms with van der Waals surface area (Å²) < 4.78 is 1.94. The van der Waals surface area contributed by atoms with Gasteiger partial charge >= 0.3 is 0 Å². The molecular weight excluding hydrogens is 432 g/mol. The molecule has 34 heavy (non-hydrogen) atoms. The summed E-state index contributed by atoms with van der Waals surface area (Å²) in [5.41, 5.74) is 1.21. The average Bonchev–Trinajstić information content (AvgIpc) is 2.80. The number of hydrogen-bond acceptors (Lipinski definition) is 5. The highest BCUT2D eigenvalue weighted by atomic mass is 16.2. The Kier molecular flexibility index (Phi) is 6.45. The van der Waals surface area contributed by atoms with Gasteiger partial charge in [-0.05, 0) is 19.9 Å². The molecule has 3 aromatic rings. The second-order valence-corrected chi connectivity index (χ2v) is 8.86. The van der Waals surface area contributed by atoms with Crippen LogP contribution in [0, 0.1) is 5.92 Å². The zero-order valence-electron chi connectivity index (χ0n) is 19.7. The van der Waals surface area contributed by atoms with E-state index in [1.165, 1.54) is 4.90 Å². The van der Waals surface area contributed by atoms with Gasteiger partial charge in [-0.15, -0.1) is 0 Å². The largest absolute Gasteiger partial charge is 0.364 e. The number of rotatable bonds is 5. The van der Waals surface area contributed by atoms with Crippen molar-refractivity contribution in [1.29, 1.82) is 0 Å². The van der Waals surface area contributed by atoms with Gasteiger partial charge in [0.1, 0.15) is 5.56 Å². The van der Waals surface area contributed by atoms with Crippen molar-refractivity contribution in [2.45, 2.75) is 46.3 Å². The third-order valence-corrected chi connectivity index (χ3v) is 5.93. The molecule has 2 aromatic heterocycles. The molecule has 0 radical (unpaired) electrons. The molecule has 0 fully saturated rings. The maximum atomic E-state index is 13.7. The third-order valence-electron chi connectivity index (χ3n) is 5.93. The summed E-state index contributed by atoms with van der Waals surface area (Å²) in [6, 6.07) is 13.1. The smallest absolute Gasteiger partial charge is 0.278 e. The van der Waals surface area contributed by atoms with Gasteiger partial charge in [-0.1, -0.05) is 44.2 Å². The first-order valence-electron chi connectivity index (χ1n) is 11.3. The summed E-state index contributed by atoms with van der Waals surface area (Å²) in [5, 5.41) is 5.80. The number of aromatic amines is 1. The molecule has 1 aliphatic heterocycles. The zero-order valence-corrected chi connectivity index (χ0v) is 19.7. The lowest BCUT2D eigenvalue weighted by atomic mass is 10.0. The minimum absolute atomic E-state index is 0.0458. The first kappa shape index (κ1) is 23.2. The molecule has 3 heterocycles. The van der Waals surface area contributed by atoms with E-state index in [0.29, 0.717) is 12.1 Å². The van der Waals surface area contributed by atoms with E-state index in [1.54, 1.807) is 26.1 Å². The number of hydrogen-bond donors (Lipinski definition) is 3. The quantitative estimate of drug-likeness (QED) is 0.506. The molecule has 0 spiro atoms. The van der Waals surface area contributed by atoms with Gasteiger partial charge in [0, 0.05) is 23.6 Å². The Hall–Kier alpha value is -4.01. The van der Waals surface area contributed by atoms with Crippen LogP contribution in [-0.2, 0) is 11.3 Å². The van der Waals surface area contributed by atoms with Crippen LogP contribution in [0.5, 0.6) is 0 Å². The number of amides is 2. The van der Waals surface area contributed by atoms with Gasteiger partial charge in [0.25, 0.3) is 11.5 Å². The van der Waals surface area contributed by atoms with Crippen LogP contribution in [0.4, 0.5) is 17.5 Å². The first-order valence-corrected chi connectivity index (χ1v) is 11.3. The van der Waals surface area contributed by atoms with Gasteiger partial charge in [0.2, 0.25) is 11.9 Å². The van der Waals surface area contributed by atoms with Crippen molar-refractivity contribution in [3.63, 3.8) is 0 Å². The summed E-state index contributed by atoms with van der Waals surface area (Å²) in [6.07, 6.45) is 3.69. The molecule has 4 rings (SSSR count). The maximum Gasteiger partial charge on any atom is 0.278 e. The molecule has 9 heteroatoms. The molecule has 0 saturated carbocycles. The van der Waals surface area contributed by atoms with Crippen LogP contribution in [0.3, 0.4) is 0 Å². The van der Waals surface area contributed by atoms with Crippen LogP contribution in [0.15, 0.2) is 59.7 Å². The molecule has 3 N–H and O–H groups in total. The van der Waals surface area contributed by atoms with Crippen molar-refractivity contribution in [3.05, 3.63) is 76.3 Å². The molecule has 176 valence electrons. The van der Waals surface area contributed by atoms with Crippen LogP contribution in [0.25, 0.3) is 0 Å². The lowest BCUT2D eigenvalue weighted by molar-refractivity contribution is -0.688. The van der Waals surface area contributed by atoms with Gasteiger partial charge in [0.15, 0.2) is 30.4 Å². The maximum absolute atomic E-state index is 13.7. The highest BCUT2D eigenvalue weighted by Gasteiger charge is 2.37. The predicted molar refractivity (Wildman–Crippen MR) is 130 cm³/mol. The number of benzene rings is 1. The summed E-state index contributed by atoms with van der Waals surface area (Å²) in [4.78, 5) is 47.3. The zero-order chi connectivity index (χ0) is 24.4. The van der Waals surface area contributed by atoms with Crippen molar-refractivity contribution >= 4 is 29.3 Å². The number of carbonyl (C=O) groups excluding carboxylic acids is 2. The molecular formula is C25H29N6O3+. The highest BCUT2D eigenvalue weighted by Crippen LogP contribution is 2.31. The standard InChI is InChI=1S/C25H28N6O3/c1-15(2)22(32)28-25-27-21-20(23(33)29-25)31(17(4)16(3)26-21)24(34)19-11-8-12-30(14-19)13-18-9-6-5-7-10-18/h5-12,14-17H,13H2,1-4H3,(H2-,26,27,28,29,32,33)/p+1/t16-,17-/m0/s1. The van der Waals surface area contributed by atoms with E-state index < -0.39 is 5.56 Å². The lowest BCUT2D eigenvalue weighted by Crippen LogP contribution is -2.53. The van der Waals surface area contributed by atoms with Gasteiger partial charge in [0.05, 0.1) is 6.04 Å². The Bertz CT molecular complexity index is 1270. The number of anilines is 3. The number of nitrogens with one attached hydrogen (secondary N) is 3. The SMILES string of the molecule is CC(C)C(=O)Nc1nc2c(c(=O)[nH]1)N(C(=O)c1ccc[n+](Cc3ccccc3)c1)[C@@H](C)[C@H](C)N2. The number of fused-ring (bicyclic) bond motifs is 1. The monoisotopic (exact) mass is 461 g/mol. The summed E-state index contributed by atoms with van der Waals surface area (Å²) in [5.74, 6) is -0.525. The van der Waals surface area contributed by atoms with E-state index in [4.69, 9.17) is 0 Å². The molecule has 2 amide bonds. The summed E-state index contributed by atoms with van der Waals surface area (Å²) in [7, 11) is 0. The Morgan fingerprint density at radius 2 is 1.88 bits per heavy atom. The molecule has 0 unspecified atom stereocenters. The topological polar surface area (TPSA) is 111 Å². The first-order chi connectivity index (χ1) is 16.2. The van der Waals surface area contributed by atoms with Crippen molar-refractivity contribution in [2.24, 2.45) is 5.92 Å². The third kappa shape index (κ3) is 4.68. The number of aromatic nitrogens is 3. The summed E-state index contributed by atoms with van der Waals surface area (Å²) in [6.45, 7) is 7.92. The van der Waals surface area contributed by atoms with Crippen LogP contribution >= 0.6 is 0 Å². The fourth-order valence-corrected chi connectivity index (χ4v) is 3.84. The molecule has 9 nitrogen and oxygen atoms in total. The van der Waals surface area contributed by atoms with Crippen molar-refractivity contribution in [1.82, 2.24) is 9.97 Å². The van der Waals surface area contributed by atoms with E-state index >= 15 is 0 Å². The number of pyridine rings is 1. The molecule has 1 aliphatic rings. The second-order valence-electron chi connectivity index (χ2n) is 8.86. The van der Waals surface area contributed by atoms with Crippen molar-refractivity contribution < 1.29 is 14.2 Å². The predicted octanol–water partition coefficient (Wildman–Crippen LogP) is 2.55. The van der Waals surface area contributed by atoms with Gasteiger partial charge in [-0.2, -0.15) is 9.55 Å². The Labute approximate surface area is 197 Å². The molecule has 2 atom stereocenters. The summed E-state index contributed by atoms with van der Waals surface area (Å²) >= 11 is 0. The Morgan fingerprint density at radius 1 is 1.15 bits per heavy atom. The fourth-order valence-electron chi connectivity index (χ4n) is 3.84. The van der Waals surface area contributed by atoms with E-state index in [9.17, 15) is 14.4 Å². The van der Waals surface area contributed by atoms with Crippen LogP contribution in [0.2, 0.25) is 0 Å². The van der Waals surface area contributed by atoms with Crippen LogP contribution in [-0.4, -0.2) is 33.9 Å². The van der Waals surface area contributed by atoms with E-state index in [0.717, 1.165) is 5.56 Å². The second kappa shape index (κ2) is 9.46. The normalized spacial score (nSPS) is 17.1. The van der Waals surface area contributed by atoms with Crippen molar-refractivity contribution in [3.8, 4) is 0 Å². The number of carbonyl (C=O) groups is 2. The van der Waals surface area contributed by atoms with E-state index in [2.05, 4.69) is 20.6 Å². The average molecular weight is 462 g/mol. The van der Waals surface area contributed by atoms with Crippen LogP contribution < -0.4 is 25.7 Å². The fraction of sp³-hybridized carbons (Fsp3) is 0.320. The lowest BCUT2D eigenvalue weighted by Gasteiger charge is -2.38. The Balaban J connectivity index is 1.68. The Morgan fingerprint density at radius 3 is 2.59 bits per heavy atom. The molecule has 0 saturated heterocycles. The van der Waals surface area contributed by atoms with Gasteiger partial charge < -0.3 is 5.32 Å². The van der Waals surface area contributed by atoms with Gasteiger partial charge in [-0.25, -0.2) is 0 Å². The molecule has 1 aromatic carbocycles. The number of nitrogens with zero attached hydrogens (tertiary/aromatic N) is 3. The van der Waals surface area contributed by atoms with Gasteiger partial charge in [-0.3, -0.25) is 29.6 Å². The van der Waals surface area contributed by atoms with Crippen molar-refractivity contribution in [2.75, 3.05) is 15.5 Å². The minimum atomic E-state index is -0.503.